The van der Waals surface area contributed by atoms with Crippen molar-refractivity contribution in [3.05, 3.63) is 12.2 Å². The van der Waals surface area contributed by atoms with Crippen LogP contribution in [0.3, 0.4) is 0 Å². The molecule has 1 heteroatoms. The largest absolute Gasteiger partial charge is 0.100 e. The van der Waals surface area contributed by atoms with E-state index < -0.39 is 0 Å². The number of rotatable bonds is 0. The average molecular weight is 121 g/mol. The van der Waals surface area contributed by atoms with Gasteiger partial charge in [-0.15, -0.1) is 6.58 Å². The maximum atomic E-state index is 3.56. The van der Waals surface area contributed by atoms with Crippen LogP contribution in [0, 0.1) is 0 Å². The zero-order valence-corrected chi connectivity index (χ0v) is 6.88. The molecular formula is C4H8Zn. The summed E-state index contributed by atoms with van der Waals surface area (Å²) in [7, 11) is 0. The van der Waals surface area contributed by atoms with Crippen LogP contribution in [0.2, 0.25) is 0 Å². The summed E-state index contributed by atoms with van der Waals surface area (Å²) in [6.45, 7) is 7.50. The van der Waals surface area contributed by atoms with E-state index in [1.54, 1.807) is 0 Å². The fraction of sp³-hybridized carbons (Fsp3) is 0.500. The molecule has 0 rings (SSSR count). The van der Waals surface area contributed by atoms with Crippen molar-refractivity contribution in [2.24, 2.45) is 0 Å². The maximum absolute atomic E-state index is 3.56. The molecule has 5 heavy (non-hydrogen) atoms. The Morgan fingerprint density at radius 1 is 1.40 bits per heavy atom. The Morgan fingerprint density at radius 3 is 1.40 bits per heavy atom. The minimum Gasteiger partial charge on any atom is -0.100 e. The third-order valence-corrected chi connectivity index (χ3v) is 0. The summed E-state index contributed by atoms with van der Waals surface area (Å²) in [6.07, 6.45) is 0. The van der Waals surface area contributed by atoms with Crippen LogP contribution < -0.4 is 0 Å². The second-order valence-electron chi connectivity index (χ2n) is 1.21. The molecule has 0 aromatic carbocycles. The van der Waals surface area contributed by atoms with Gasteiger partial charge in [-0.1, -0.05) is 5.57 Å². The molecule has 0 saturated carbocycles. The summed E-state index contributed by atoms with van der Waals surface area (Å²) in [4.78, 5) is 0. The minimum absolute atomic E-state index is 0. The van der Waals surface area contributed by atoms with Gasteiger partial charge in [0.15, 0.2) is 0 Å². The Kier molecular flexibility index (Phi) is 7.88. The van der Waals surface area contributed by atoms with E-state index in [4.69, 9.17) is 0 Å². The molecule has 0 amide bonds. The van der Waals surface area contributed by atoms with Crippen molar-refractivity contribution in [2.75, 3.05) is 0 Å². The summed E-state index contributed by atoms with van der Waals surface area (Å²) >= 11 is 0. The molecule has 0 aliphatic rings. The molecule has 0 heterocycles. The first kappa shape index (κ1) is 9.03. The van der Waals surface area contributed by atoms with E-state index in [2.05, 4.69) is 6.58 Å². The summed E-state index contributed by atoms with van der Waals surface area (Å²) in [5, 5.41) is 0. The molecule has 26 valence electrons. The van der Waals surface area contributed by atoms with Crippen molar-refractivity contribution < 1.29 is 19.5 Å². The number of hydrogen-bond donors (Lipinski definition) is 0. The molecule has 0 spiro atoms. The summed E-state index contributed by atoms with van der Waals surface area (Å²) in [5.74, 6) is 0. The Morgan fingerprint density at radius 2 is 1.40 bits per heavy atom. The molecule has 0 nitrogen and oxygen atoms in total. The zero-order chi connectivity index (χ0) is 3.58. The number of allylic oxidation sites excluding steroid dienone is 1. The van der Waals surface area contributed by atoms with Gasteiger partial charge in [0.25, 0.3) is 0 Å². The number of hydrogen-bond acceptors (Lipinski definition) is 0. The van der Waals surface area contributed by atoms with Gasteiger partial charge in [0, 0.05) is 19.5 Å². The monoisotopic (exact) mass is 120 g/mol. The van der Waals surface area contributed by atoms with Crippen LogP contribution in [-0.4, -0.2) is 0 Å². The van der Waals surface area contributed by atoms with Gasteiger partial charge in [0.05, 0.1) is 0 Å². The predicted octanol–water partition coefficient (Wildman–Crippen LogP) is 1.58. The van der Waals surface area contributed by atoms with E-state index in [0.29, 0.717) is 0 Å². The standard InChI is InChI=1S/C4H8.Zn/c1-4(2)3;/h1H2,2-3H3;. The SMILES string of the molecule is C=C(C)C.[Zn]. The zero-order valence-electron chi connectivity index (χ0n) is 3.91. The van der Waals surface area contributed by atoms with Crippen molar-refractivity contribution in [3.63, 3.8) is 0 Å². The van der Waals surface area contributed by atoms with E-state index in [9.17, 15) is 0 Å². The first-order valence-corrected chi connectivity index (χ1v) is 1.35. The Hall–Kier alpha value is 0.363. The van der Waals surface area contributed by atoms with Gasteiger partial charge >= 0.3 is 0 Å². The molecule has 0 atom stereocenters. The van der Waals surface area contributed by atoms with Gasteiger partial charge in [-0.25, -0.2) is 0 Å². The fourth-order valence-corrected chi connectivity index (χ4v) is 0. The second kappa shape index (κ2) is 4.36. The maximum Gasteiger partial charge on any atom is 0 e. The Labute approximate surface area is 46.0 Å². The topological polar surface area (TPSA) is 0 Å². The first-order chi connectivity index (χ1) is 1.73. The fourth-order valence-electron chi connectivity index (χ4n) is 0. The molecule has 0 aromatic rings. The van der Waals surface area contributed by atoms with Gasteiger partial charge in [0.2, 0.25) is 0 Å². The van der Waals surface area contributed by atoms with Gasteiger partial charge in [0.1, 0.15) is 0 Å². The minimum atomic E-state index is 0. The second-order valence-corrected chi connectivity index (χ2v) is 1.21. The molecular weight excluding hydrogens is 113 g/mol. The summed E-state index contributed by atoms with van der Waals surface area (Å²) in [6, 6.07) is 0. The van der Waals surface area contributed by atoms with Crippen LogP contribution >= 0.6 is 0 Å². The van der Waals surface area contributed by atoms with Crippen molar-refractivity contribution >= 4 is 0 Å². The molecule has 0 radical (unpaired) electrons. The van der Waals surface area contributed by atoms with E-state index in [1.165, 1.54) is 5.57 Å². The molecule has 0 saturated heterocycles. The van der Waals surface area contributed by atoms with Crippen LogP contribution in [0.15, 0.2) is 12.2 Å². The van der Waals surface area contributed by atoms with Crippen LogP contribution in [0.25, 0.3) is 0 Å². The molecule has 0 bridgehead atoms. The van der Waals surface area contributed by atoms with E-state index >= 15 is 0 Å². The van der Waals surface area contributed by atoms with Crippen molar-refractivity contribution in [1.82, 2.24) is 0 Å². The van der Waals surface area contributed by atoms with Gasteiger partial charge in [-0.05, 0) is 13.8 Å². The third kappa shape index (κ3) is 185. The third-order valence-electron chi connectivity index (χ3n) is 0. The van der Waals surface area contributed by atoms with Crippen molar-refractivity contribution in [1.29, 1.82) is 0 Å². The van der Waals surface area contributed by atoms with Crippen LogP contribution in [0.5, 0.6) is 0 Å². The van der Waals surface area contributed by atoms with Crippen LogP contribution in [0.1, 0.15) is 13.8 Å². The average Bonchev–Trinajstić information content (AvgIpc) is 0.811. The van der Waals surface area contributed by atoms with Crippen LogP contribution in [-0.2, 0) is 19.5 Å². The molecule has 0 unspecified atom stereocenters. The van der Waals surface area contributed by atoms with Crippen LogP contribution in [0.4, 0.5) is 0 Å². The van der Waals surface area contributed by atoms with Gasteiger partial charge < -0.3 is 0 Å². The summed E-state index contributed by atoms with van der Waals surface area (Å²) < 4.78 is 0. The summed E-state index contributed by atoms with van der Waals surface area (Å²) in [5.41, 5.74) is 1.17. The molecule has 0 aliphatic heterocycles. The van der Waals surface area contributed by atoms with Crippen molar-refractivity contribution in [3.8, 4) is 0 Å². The van der Waals surface area contributed by atoms with Crippen molar-refractivity contribution in [2.45, 2.75) is 13.8 Å². The van der Waals surface area contributed by atoms with Gasteiger partial charge in [-0.3, -0.25) is 0 Å². The van der Waals surface area contributed by atoms with E-state index in [1.807, 2.05) is 13.8 Å². The quantitative estimate of drug-likeness (QED) is 0.337. The predicted molar refractivity (Wildman–Crippen MR) is 20.5 cm³/mol. The molecule has 0 fully saturated rings. The Balaban J connectivity index is 0. The first-order valence-electron chi connectivity index (χ1n) is 1.35. The molecule has 0 N–H and O–H groups in total. The molecule has 0 aliphatic carbocycles. The normalized spacial score (nSPS) is 5.20. The molecule has 0 aromatic heterocycles. The van der Waals surface area contributed by atoms with E-state index in [-0.39, 0.29) is 19.5 Å². The van der Waals surface area contributed by atoms with E-state index in [0.717, 1.165) is 0 Å². The van der Waals surface area contributed by atoms with Gasteiger partial charge in [-0.2, -0.15) is 0 Å². The smallest absolute Gasteiger partial charge is 0 e. The Bertz CT molecular complexity index is 26.6.